The van der Waals surface area contributed by atoms with Gasteiger partial charge in [0.05, 0.1) is 9.93 Å². The van der Waals surface area contributed by atoms with Crippen LogP contribution >= 0.6 is 35.9 Å². The Balaban J connectivity index is 0.00000300. The number of imidazole rings is 1. The molecule has 0 aromatic carbocycles. The average Bonchev–Trinajstić information content (AvgIpc) is 3.23. The minimum atomic E-state index is -0.135. The molecule has 5 nitrogen and oxygen atoms in total. The zero-order valence-electron chi connectivity index (χ0n) is 17.1. The first-order valence-corrected chi connectivity index (χ1v) is 11.5. The van der Waals surface area contributed by atoms with Gasteiger partial charge in [-0.3, -0.25) is 18.9 Å². The third-order valence-electron chi connectivity index (χ3n) is 4.92. The normalized spacial score (nSPS) is 16.1. The van der Waals surface area contributed by atoms with Gasteiger partial charge in [-0.1, -0.05) is 39.3 Å². The van der Waals surface area contributed by atoms with Crippen molar-refractivity contribution in [2.45, 2.75) is 51.5 Å². The van der Waals surface area contributed by atoms with Gasteiger partial charge in [0, 0.05) is 18.9 Å². The van der Waals surface area contributed by atoms with Gasteiger partial charge < -0.3 is 0 Å². The predicted molar refractivity (Wildman–Crippen MR) is 124 cm³/mol. The maximum absolute atomic E-state index is 12.4. The predicted octanol–water partition coefficient (Wildman–Crippen LogP) is 6.03. The summed E-state index contributed by atoms with van der Waals surface area (Å²) in [6.07, 6.45) is 9.31. The summed E-state index contributed by atoms with van der Waals surface area (Å²) in [6.45, 7) is 6.96. The first-order valence-electron chi connectivity index (χ1n) is 9.70. The Bertz CT molecular complexity index is 895. The Hall–Kier alpha value is -1.44. The first kappa shape index (κ1) is 23.8. The molecule has 0 bridgehead atoms. The number of hydrogen-bond acceptors (Lipinski definition) is 5. The number of hydrogen-bond donors (Lipinski definition) is 0. The molecule has 2 aromatic rings. The highest BCUT2D eigenvalue weighted by atomic mass is 35.5. The van der Waals surface area contributed by atoms with Crippen LogP contribution in [0.1, 0.15) is 46.5 Å². The number of aromatic nitrogens is 2. The fourth-order valence-electron chi connectivity index (χ4n) is 3.02. The lowest BCUT2D eigenvalue weighted by atomic mass is 9.86. The van der Waals surface area contributed by atoms with Crippen molar-refractivity contribution in [1.29, 1.82) is 0 Å². The second-order valence-corrected chi connectivity index (χ2v) is 9.82. The summed E-state index contributed by atoms with van der Waals surface area (Å²) in [6, 6.07) is 6.14. The number of thioether (sulfide) groups is 2. The number of carbonyl (C=O) groups excluding carboxylic acids is 2. The molecule has 0 aliphatic carbocycles. The molecule has 2 aromatic heterocycles. The van der Waals surface area contributed by atoms with Gasteiger partial charge in [-0.2, -0.15) is 0 Å². The molecule has 29 heavy (non-hydrogen) atoms. The summed E-state index contributed by atoms with van der Waals surface area (Å²) in [4.78, 5) is 31.0. The number of pyridine rings is 1. The van der Waals surface area contributed by atoms with E-state index >= 15 is 0 Å². The molecule has 3 heterocycles. The smallest absolute Gasteiger partial charge is 0.293 e. The number of nitrogens with zero attached hydrogens (tertiary/aromatic N) is 3. The van der Waals surface area contributed by atoms with Crippen molar-refractivity contribution in [3.8, 4) is 0 Å². The lowest BCUT2D eigenvalue weighted by molar-refractivity contribution is -0.123. The molecule has 1 aliphatic heterocycles. The molecule has 0 saturated carbocycles. The molecule has 1 fully saturated rings. The lowest BCUT2D eigenvalue weighted by Gasteiger charge is -2.26. The molecule has 8 heteroatoms. The van der Waals surface area contributed by atoms with E-state index in [9.17, 15) is 9.59 Å². The van der Waals surface area contributed by atoms with Crippen molar-refractivity contribution in [3.63, 3.8) is 0 Å². The van der Waals surface area contributed by atoms with Gasteiger partial charge in [-0.15, -0.1) is 24.2 Å². The molecular formula is C21H28ClN3O2S2. The molecule has 158 valence electrons. The number of amides is 2. The third kappa shape index (κ3) is 6.03. The van der Waals surface area contributed by atoms with Crippen molar-refractivity contribution in [1.82, 2.24) is 14.3 Å². The van der Waals surface area contributed by atoms with Crippen LogP contribution in [0, 0.1) is 5.41 Å². The minimum Gasteiger partial charge on any atom is -0.294 e. The quantitative estimate of drug-likeness (QED) is 0.342. The highest BCUT2D eigenvalue weighted by Gasteiger charge is 2.35. The standard InChI is InChI=1S/C21H27N3O2S2.ClH/c1-4-5-7-16-19(25)24(20(26)28-16)13-10-21(2,3)11-15-27-18-9-6-8-17-22-12-14-23(17)18;/h6-9,12,14H,4-5,10-11,13,15H2,1-3H3;1H/b16-7+;. The molecule has 0 N–H and O–H groups in total. The number of halogens is 1. The molecule has 0 atom stereocenters. The van der Waals surface area contributed by atoms with Crippen molar-refractivity contribution in [3.05, 3.63) is 41.6 Å². The van der Waals surface area contributed by atoms with Gasteiger partial charge in [-0.25, -0.2) is 4.98 Å². The second kappa shape index (κ2) is 10.5. The summed E-state index contributed by atoms with van der Waals surface area (Å²) in [5, 5.41) is 1.04. The van der Waals surface area contributed by atoms with E-state index in [-0.39, 0.29) is 29.0 Å². The van der Waals surface area contributed by atoms with E-state index in [0.29, 0.717) is 11.4 Å². The number of unbranched alkanes of at least 4 members (excludes halogenated alkanes) is 1. The Morgan fingerprint density at radius 1 is 1.24 bits per heavy atom. The van der Waals surface area contributed by atoms with Gasteiger partial charge in [0.1, 0.15) is 5.65 Å². The van der Waals surface area contributed by atoms with Crippen LogP contribution in [0.3, 0.4) is 0 Å². The van der Waals surface area contributed by atoms with Crippen LogP contribution < -0.4 is 0 Å². The number of carbonyl (C=O) groups is 2. The fourth-order valence-corrected chi connectivity index (χ4v) is 5.22. The molecule has 2 amide bonds. The van der Waals surface area contributed by atoms with Crippen molar-refractivity contribution in [2.24, 2.45) is 5.41 Å². The van der Waals surface area contributed by atoms with Crippen molar-refractivity contribution in [2.75, 3.05) is 12.3 Å². The summed E-state index contributed by atoms with van der Waals surface area (Å²) >= 11 is 2.89. The lowest BCUT2D eigenvalue weighted by Crippen LogP contribution is -2.32. The fraction of sp³-hybridized carbons (Fsp3) is 0.476. The summed E-state index contributed by atoms with van der Waals surface area (Å²) in [5.41, 5.74) is 1.01. The zero-order valence-corrected chi connectivity index (χ0v) is 19.5. The average molecular weight is 454 g/mol. The molecule has 1 saturated heterocycles. The first-order chi connectivity index (χ1) is 13.4. The Morgan fingerprint density at radius 2 is 2.03 bits per heavy atom. The summed E-state index contributed by atoms with van der Waals surface area (Å²) in [5.74, 6) is 0.850. The van der Waals surface area contributed by atoms with Crippen LogP contribution in [-0.4, -0.2) is 37.7 Å². The maximum Gasteiger partial charge on any atom is 0.293 e. The van der Waals surface area contributed by atoms with E-state index in [1.165, 1.54) is 9.93 Å². The monoisotopic (exact) mass is 453 g/mol. The van der Waals surface area contributed by atoms with E-state index in [1.807, 2.05) is 42.4 Å². The molecule has 1 aliphatic rings. The van der Waals surface area contributed by atoms with E-state index in [2.05, 4.69) is 36.2 Å². The van der Waals surface area contributed by atoms with E-state index < -0.39 is 0 Å². The number of allylic oxidation sites excluding steroid dienone is 1. The van der Waals surface area contributed by atoms with E-state index in [0.717, 1.165) is 48.8 Å². The number of imide groups is 1. The van der Waals surface area contributed by atoms with Crippen molar-refractivity contribution >= 4 is 52.7 Å². The van der Waals surface area contributed by atoms with Crippen molar-refractivity contribution < 1.29 is 9.59 Å². The topological polar surface area (TPSA) is 54.7 Å². The number of fused-ring (bicyclic) bond motifs is 1. The van der Waals surface area contributed by atoms with Crippen LogP contribution in [0.4, 0.5) is 4.79 Å². The van der Waals surface area contributed by atoms with Gasteiger partial charge in [0.25, 0.3) is 11.1 Å². The van der Waals surface area contributed by atoms with E-state index in [4.69, 9.17) is 0 Å². The Morgan fingerprint density at radius 3 is 2.79 bits per heavy atom. The molecule has 0 unspecified atom stereocenters. The van der Waals surface area contributed by atoms with Crippen LogP contribution in [-0.2, 0) is 4.79 Å². The third-order valence-corrected chi connectivity index (χ3v) is 6.92. The highest BCUT2D eigenvalue weighted by molar-refractivity contribution is 8.18. The Labute approximate surface area is 187 Å². The molecule has 3 rings (SSSR count). The van der Waals surface area contributed by atoms with Crippen LogP contribution in [0.25, 0.3) is 5.65 Å². The molecule has 0 spiro atoms. The Kier molecular flexibility index (Phi) is 8.67. The van der Waals surface area contributed by atoms with Gasteiger partial charge >= 0.3 is 0 Å². The zero-order chi connectivity index (χ0) is 20.1. The van der Waals surface area contributed by atoms with Crippen LogP contribution in [0.15, 0.2) is 46.6 Å². The summed E-state index contributed by atoms with van der Waals surface area (Å²) in [7, 11) is 0. The van der Waals surface area contributed by atoms with E-state index in [1.54, 1.807) is 0 Å². The van der Waals surface area contributed by atoms with Gasteiger partial charge in [0.2, 0.25) is 0 Å². The molecular weight excluding hydrogens is 426 g/mol. The summed E-state index contributed by atoms with van der Waals surface area (Å²) < 4.78 is 2.10. The maximum atomic E-state index is 12.4. The SMILES string of the molecule is CCC/C=C1/SC(=O)N(CCC(C)(C)CCSc2cccc3nccn23)C1=O.Cl. The van der Waals surface area contributed by atoms with Gasteiger partial charge in [-0.05, 0) is 54.3 Å². The van der Waals surface area contributed by atoms with Gasteiger partial charge in [0.15, 0.2) is 0 Å². The molecule has 0 radical (unpaired) electrons. The second-order valence-electron chi connectivity index (χ2n) is 7.71. The van der Waals surface area contributed by atoms with Crippen LogP contribution in [0.2, 0.25) is 0 Å². The van der Waals surface area contributed by atoms with Crippen LogP contribution in [0.5, 0.6) is 0 Å². The largest absolute Gasteiger partial charge is 0.294 e. The minimum absolute atomic E-state index is 0. The number of rotatable bonds is 9. The highest BCUT2D eigenvalue weighted by Crippen LogP contribution is 2.34.